The van der Waals surface area contributed by atoms with Crippen molar-refractivity contribution in [3.63, 3.8) is 0 Å². The van der Waals surface area contributed by atoms with E-state index in [1.54, 1.807) is 0 Å². The third-order valence-electron chi connectivity index (χ3n) is 4.32. The number of anilines is 1. The largest absolute Gasteiger partial charge is 0.370 e. The maximum atomic E-state index is 4.49. The van der Waals surface area contributed by atoms with E-state index in [1.165, 1.54) is 25.1 Å². The van der Waals surface area contributed by atoms with Gasteiger partial charge in [-0.25, -0.2) is 4.98 Å². The van der Waals surface area contributed by atoms with Gasteiger partial charge in [-0.1, -0.05) is 33.8 Å². The lowest BCUT2D eigenvalue weighted by molar-refractivity contribution is 0.226. The van der Waals surface area contributed by atoms with Gasteiger partial charge in [-0.2, -0.15) is 0 Å². The Morgan fingerprint density at radius 3 is 2.85 bits per heavy atom. The molecule has 1 N–H and O–H groups in total. The Balaban J connectivity index is 1.97. The Labute approximate surface area is 123 Å². The fraction of sp³-hybridized carbons (Fsp3) is 0.706. The van der Waals surface area contributed by atoms with Crippen molar-refractivity contribution in [1.29, 1.82) is 0 Å². The zero-order valence-corrected chi connectivity index (χ0v) is 13.4. The molecular weight excluding hydrogens is 246 g/mol. The van der Waals surface area contributed by atoms with Gasteiger partial charge in [0, 0.05) is 31.4 Å². The van der Waals surface area contributed by atoms with E-state index in [2.05, 4.69) is 49.0 Å². The lowest BCUT2D eigenvalue weighted by atomic mass is 9.80. The highest BCUT2D eigenvalue weighted by atomic mass is 15.2. The molecule has 0 amide bonds. The van der Waals surface area contributed by atoms with Crippen LogP contribution in [0, 0.1) is 11.3 Å². The van der Waals surface area contributed by atoms with Gasteiger partial charge >= 0.3 is 0 Å². The summed E-state index contributed by atoms with van der Waals surface area (Å²) in [4.78, 5) is 7.06. The van der Waals surface area contributed by atoms with Crippen molar-refractivity contribution < 1.29 is 0 Å². The molecule has 1 aromatic rings. The monoisotopic (exact) mass is 275 g/mol. The lowest BCUT2D eigenvalue weighted by Crippen LogP contribution is -2.26. The highest BCUT2D eigenvalue weighted by Crippen LogP contribution is 2.34. The molecule has 0 radical (unpaired) electrons. The molecule has 2 rings (SSSR count). The molecule has 2 heterocycles. The minimum Gasteiger partial charge on any atom is -0.370 e. The van der Waals surface area contributed by atoms with Gasteiger partial charge in [0.2, 0.25) is 0 Å². The van der Waals surface area contributed by atoms with Crippen LogP contribution in [-0.2, 0) is 6.54 Å². The van der Waals surface area contributed by atoms with Gasteiger partial charge < -0.3 is 5.32 Å². The van der Waals surface area contributed by atoms with E-state index < -0.39 is 0 Å². The first kappa shape index (κ1) is 15.3. The Kier molecular flexibility index (Phi) is 5.03. The molecule has 1 aliphatic rings. The van der Waals surface area contributed by atoms with E-state index in [0.29, 0.717) is 5.41 Å². The normalized spacial score (nSPS) is 20.3. The molecule has 0 spiro atoms. The third kappa shape index (κ3) is 3.95. The Hall–Kier alpha value is -1.09. The summed E-state index contributed by atoms with van der Waals surface area (Å²) >= 11 is 0. The summed E-state index contributed by atoms with van der Waals surface area (Å²) in [7, 11) is 0. The van der Waals surface area contributed by atoms with E-state index >= 15 is 0 Å². The standard InChI is InChI=1S/C17H29N3/c1-5-9-18-16-14(7-6-10-19-16)12-20-11-8-15(13-20)17(2,3)4/h6-7,10,15H,5,8-9,11-13H2,1-4H3,(H,18,19). The van der Waals surface area contributed by atoms with Crippen LogP contribution in [0.15, 0.2) is 18.3 Å². The number of pyridine rings is 1. The van der Waals surface area contributed by atoms with E-state index in [0.717, 1.165) is 31.2 Å². The Bertz CT molecular complexity index is 422. The highest BCUT2D eigenvalue weighted by molar-refractivity contribution is 5.43. The number of aromatic nitrogens is 1. The maximum Gasteiger partial charge on any atom is 0.130 e. The molecule has 1 unspecified atom stereocenters. The van der Waals surface area contributed by atoms with Gasteiger partial charge in [-0.15, -0.1) is 0 Å². The van der Waals surface area contributed by atoms with Gasteiger partial charge in [0.05, 0.1) is 0 Å². The minimum atomic E-state index is 0.424. The van der Waals surface area contributed by atoms with Gasteiger partial charge in [-0.05, 0) is 36.8 Å². The fourth-order valence-electron chi connectivity index (χ4n) is 2.89. The van der Waals surface area contributed by atoms with Crippen molar-refractivity contribution in [2.24, 2.45) is 11.3 Å². The van der Waals surface area contributed by atoms with Crippen molar-refractivity contribution in [3.8, 4) is 0 Å². The minimum absolute atomic E-state index is 0.424. The summed E-state index contributed by atoms with van der Waals surface area (Å²) in [6.07, 6.45) is 4.33. The van der Waals surface area contributed by atoms with Gasteiger partial charge in [0.25, 0.3) is 0 Å². The molecule has 1 atom stereocenters. The molecule has 0 bridgehead atoms. The van der Waals surface area contributed by atoms with Crippen molar-refractivity contribution in [3.05, 3.63) is 23.9 Å². The van der Waals surface area contributed by atoms with Crippen LogP contribution in [0.5, 0.6) is 0 Å². The van der Waals surface area contributed by atoms with Crippen LogP contribution in [0.4, 0.5) is 5.82 Å². The Morgan fingerprint density at radius 1 is 1.40 bits per heavy atom. The van der Waals surface area contributed by atoms with Crippen LogP contribution in [0.25, 0.3) is 0 Å². The zero-order valence-electron chi connectivity index (χ0n) is 13.4. The summed E-state index contributed by atoms with van der Waals surface area (Å²) in [5, 5.41) is 3.44. The van der Waals surface area contributed by atoms with Crippen LogP contribution in [0.1, 0.15) is 46.1 Å². The van der Waals surface area contributed by atoms with Crippen molar-refractivity contribution in [1.82, 2.24) is 9.88 Å². The molecule has 0 aromatic carbocycles. The molecule has 3 nitrogen and oxygen atoms in total. The molecule has 1 saturated heterocycles. The quantitative estimate of drug-likeness (QED) is 0.886. The second-order valence-electron chi connectivity index (χ2n) is 7.02. The molecule has 20 heavy (non-hydrogen) atoms. The van der Waals surface area contributed by atoms with Crippen LogP contribution < -0.4 is 5.32 Å². The summed E-state index contributed by atoms with van der Waals surface area (Å²) in [6, 6.07) is 4.25. The molecule has 112 valence electrons. The number of hydrogen-bond donors (Lipinski definition) is 1. The SMILES string of the molecule is CCCNc1ncccc1CN1CCC(C(C)(C)C)C1. The van der Waals surface area contributed by atoms with Gasteiger partial charge in [0.1, 0.15) is 5.82 Å². The predicted octanol–water partition coefficient (Wildman–Crippen LogP) is 3.77. The third-order valence-corrected chi connectivity index (χ3v) is 4.32. The predicted molar refractivity (Wildman–Crippen MR) is 85.9 cm³/mol. The molecule has 0 aliphatic carbocycles. The van der Waals surface area contributed by atoms with E-state index in [1.807, 2.05) is 12.3 Å². The summed E-state index contributed by atoms with van der Waals surface area (Å²) in [5.41, 5.74) is 1.75. The maximum absolute atomic E-state index is 4.49. The first-order valence-electron chi connectivity index (χ1n) is 7.91. The van der Waals surface area contributed by atoms with Crippen LogP contribution >= 0.6 is 0 Å². The van der Waals surface area contributed by atoms with Crippen LogP contribution in [0.3, 0.4) is 0 Å². The number of nitrogens with one attached hydrogen (secondary N) is 1. The fourth-order valence-corrected chi connectivity index (χ4v) is 2.89. The summed E-state index contributed by atoms with van der Waals surface area (Å²) < 4.78 is 0. The molecule has 0 saturated carbocycles. The van der Waals surface area contributed by atoms with E-state index in [4.69, 9.17) is 0 Å². The number of rotatable bonds is 5. The molecule has 1 aliphatic heterocycles. The molecular formula is C17H29N3. The average molecular weight is 275 g/mol. The topological polar surface area (TPSA) is 28.2 Å². The first-order chi connectivity index (χ1) is 9.50. The average Bonchev–Trinajstić information content (AvgIpc) is 2.86. The van der Waals surface area contributed by atoms with Crippen molar-refractivity contribution >= 4 is 5.82 Å². The van der Waals surface area contributed by atoms with Gasteiger partial charge in [0.15, 0.2) is 0 Å². The molecule has 3 heteroatoms. The second kappa shape index (κ2) is 6.57. The van der Waals surface area contributed by atoms with Crippen molar-refractivity contribution in [2.75, 3.05) is 25.0 Å². The summed E-state index contributed by atoms with van der Waals surface area (Å²) in [6.45, 7) is 13.7. The van der Waals surface area contributed by atoms with Gasteiger partial charge in [-0.3, -0.25) is 4.90 Å². The number of nitrogens with zero attached hydrogens (tertiary/aromatic N) is 2. The molecule has 1 fully saturated rings. The number of likely N-dealkylation sites (tertiary alicyclic amines) is 1. The lowest BCUT2D eigenvalue weighted by Gasteiger charge is -2.27. The van der Waals surface area contributed by atoms with Crippen molar-refractivity contribution in [2.45, 2.75) is 47.1 Å². The first-order valence-corrected chi connectivity index (χ1v) is 7.91. The van der Waals surface area contributed by atoms with Crippen LogP contribution in [0.2, 0.25) is 0 Å². The highest BCUT2D eigenvalue weighted by Gasteiger charge is 2.31. The summed E-state index contributed by atoms with van der Waals surface area (Å²) in [5.74, 6) is 1.87. The van der Waals surface area contributed by atoms with Crippen LogP contribution in [-0.4, -0.2) is 29.5 Å². The zero-order chi connectivity index (χ0) is 14.6. The molecule has 1 aromatic heterocycles. The van der Waals surface area contributed by atoms with E-state index in [-0.39, 0.29) is 0 Å². The second-order valence-corrected chi connectivity index (χ2v) is 7.02. The van der Waals surface area contributed by atoms with E-state index in [9.17, 15) is 0 Å². The Morgan fingerprint density at radius 2 is 2.20 bits per heavy atom. The smallest absolute Gasteiger partial charge is 0.130 e. The number of hydrogen-bond acceptors (Lipinski definition) is 3.